The van der Waals surface area contributed by atoms with Crippen LogP contribution >= 0.6 is 0 Å². The van der Waals surface area contributed by atoms with Gasteiger partial charge in [-0.3, -0.25) is 9.59 Å². The normalized spacial score (nSPS) is 20.5. The van der Waals surface area contributed by atoms with E-state index in [9.17, 15) is 9.59 Å². The molecule has 2 saturated heterocycles. The maximum absolute atomic E-state index is 12.6. The van der Waals surface area contributed by atoms with E-state index in [1.165, 1.54) is 6.20 Å². The fourth-order valence-corrected chi connectivity index (χ4v) is 3.78. The monoisotopic (exact) mass is 454 g/mol. The van der Waals surface area contributed by atoms with Crippen molar-refractivity contribution in [3.63, 3.8) is 0 Å². The third-order valence-corrected chi connectivity index (χ3v) is 5.80. The molecule has 1 amide bonds. The second kappa shape index (κ2) is 10.4. The number of ether oxygens (including phenoxy) is 3. The molecule has 174 valence electrons. The van der Waals surface area contributed by atoms with Crippen LogP contribution in [-0.4, -0.2) is 84.2 Å². The molecule has 0 spiro atoms. The number of hydrogen-bond acceptors (Lipinski definition) is 9. The highest BCUT2D eigenvalue weighted by Gasteiger charge is 2.32. The van der Waals surface area contributed by atoms with Crippen molar-refractivity contribution < 1.29 is 19.0 Å². The van der Waals surface area contributed by atoms with Crippen molar-refractivity contribution in [2.75, 3.05) is 50.9 Å². The molecule has 1 N–H and O–H groups in total. The van der Waals surface area contributed by atoms with Gasteiger partial charge < -0.3 is 24.0 Å². The smallest absolute Gasteiger partial charge is 0.270 e. The van der Waals surface area contributed by atoms with Crippen molar-refractivity contribution in [3.05, 3.63) is 46.0 Å². The zero-order valence-corrected chi connectivity index (χ0v) is 18.4. The van der Waals surface area contributed by atoms with Crippen LogP contribution in [0, 0.1) is 18.3 Å². The lowest BCUT2D eigenvalue weighted by Crippen LogP contribution is -2.49. The van der Waals surface area contributed by atoms with Crippen LogP contribution < -0.4 is 15.2 Å². The standard InChI is InChI=1S/C22H26N6O5/c1-15-17(12-25-26-22(15)30)33-19-14-31-13-18(19)32-9-4-21(29)28-7-5-27(6-8-28)20-3-2-16(10-23)11-24-20/h2-3,11-12,18-19H,4-9,13-14H2,1H3,(H,26,30)/t18-,19+/m1/s1. The first-order chi connectivity index (χ1) is 16.0. The van der Waals surface area contributed by atoms with Gasteiger partial charge in [-0.2, -0.15) is 10.4 Å². The molecule has 2 aromatic heterocycles. The lowest BCUT2D eigenvalue weighted by molar-refractivity contribution is -0.133. The number of rotatable bonds is 7. The molecule has 0 aromatic carbocycles. The van der Waals surface area contributed by atoms with Crippen molar-refractivity contribution in [2.24, 2.45) is 0 Å². The molecule has 33 heavy (non-hydrogen) atoms. The van der Waals surface area contributed by atoms with E-state index in [-0.39, 0.29) is 36.7 Å². The van der Waals surface area contributed by atoms with Crippen LogP contribution in [0.3, 0.4) is 0 Å². The summed E-state index contributed by atoms with van der Waals surface area (Å²) in [5.74, 6) is 1.24. The number of nitriles is 1. The van der Waals surface area contributed by atoms with Gasteiger partial charge in [0.1, 0.15) is 23.7 Å². The second-order valence-corrected chi connectivity index (χ2v) is 7.93. The maximum Gasteiger partial charge on any atom is 0.270 e. The number of aromatic nitrogens is 3. The Morgan fingerprint density at radius 3 is 2.76 bits per heavy atom. The number of piperazine rings is 1. The van der Waals surface area contributed by atoms with Crippen LogP contribution in [0.5, 0.6) is 5.75 Å². The largest absolute Gasteiger partial charge is 0.483 e. The van der Waals surface area contributed by atoms with E-state index < -0.39 is 0 Å². The number of nitrogens with one attached hydrogen (secondary N) is 1. The number of pyridine rings is 1. The van der Waals surface area contributed by atoms with Crippen molar-refractivity contribution >= 4 is 11.7 Å². The molecule has 11 heteroatoms. The van der Waals surface area contributed by atoms with Gasteiger partial charge in [0.25, 0.3) is 5.56 Å². The summed E-state index contributed by atoms with van der Waals surface area (Å²) in [6, 6.07) is 5.63. The first kappa shape index (κ1) is 22.7. The highest BCUT2D eigenvalue weighted by molar-refractivity contribution is 5.76. The van der Waals surface area contributed by atoms with Crippen LogP contribution in [-0.2, 0) is 14.3 Å². The summed E-state index contributed by atoms with van der Waals surface area (Å²) in [5, 5.41) is 15.0. The summed E-state index contributed by atoms with van der Waals surface area (Å²) < 4.78 is 17.2. The van der Waals surface area contributed by atoms with Crippen LogP contribution in [0.1, 0.15) is 17.5 Å². The highest BCUT2D eigenvalue weighted by atomic mass is 16.6. The van der Waals surface area contributed by atoms with Gasteiger partial charge in [0.2, 0.25) is 5.91 Å². The quantitative estimate of drug-likeness (QED) is 0.625. The highest BCUT2D eigenvalue weighted by Crippen LogP contribution is 2.20. The number of carbonyl (C=O) groups is 1. The average Bonchev–Trinajstić information content (AvgIpc) is 3.29. The molecule has 4 heterocycles. The van der Waals surface area contributed by atoms with Gasteiger partial charge in [0, 0.05) is 32.4 Å². The summed E-state index contributed by atoms with van der Waals surface area (Å²) >= 11 is 0. The number of anilines is 1. The minimum Gasteiger partial charge on any atom is -0.483 e. The van der Waals surface area contributed by atoms with E-state index in [1.54, 1.807) is 19.2 Å². The molecule has 2 fully saturated rings. The Hall–Kier alpha value is -3.49. The number of amides is 1. The average molecular weight is 454 g/mol. The Morgan fingerprint density at radius 2 is 2.03 bits per heavy atom. The second-order valence-electron chi connectivity index (χ2n) is 7.93. The molecule has 2 aliphatic rings. The Morgan fingerprint density at radius 1 is 1.24 bits per heavy atom. The van der Waals surface area contributed by atoms with Crippen molar-refractivity contribution in [1.82, 2.24) is 20.1 Å². The summed E-state index contributed by atoms with van der Waals surface area (Å²) in [6.07, 6.45) is 2.59. The lowest BCUT2D eigenvalue weighted by Gasteiger charge is -2.35. The number of hydrogen-bond donors (Lipinski definition) is 1. The van der Waals surface area contributed by atoms with E-state index in [2.05, 4.69) is 26.2 Å². The first-order valence-corrected chi connectivity index (χ1v) is 10.8. The Kier molecular flexibility index (Phi) is 7.16. The predicted molar refractivity (Wildman–Crippen MR) is 117 cm³/mol. The fourth-order valence-electron chi connectivity index (χ4n) is 3.78. The minimum atomic E-state index is -0.370. The van der Waals surface area contributed by atoms with Gasteiger partial charge in [-0.05, 0) is 19.1 Å². The van der Waals surface area contributed by atoms with E-state index in [4.69, 9.17) is 19.5 Å². The molecule has 0 saturated carbocycles. The van der Waals surface area contributed by atoms with Crippen LogP contribution in [0.15, 0.2) is 29.3 Å². The van der Waals surface area contributed by atoms with E-state index >= 15 is 0 Å². The van der Waals surface area contributed by atoms with Crippen LogP contribution in [0.2, 0.25) is 0 Å². The summed E-state index contributed by atoms with van der Waals surface area (Å²) in [5.41, 5.74) is 0.669. The summed E-state index contributed by atoms with van der Waals surface area (Å²) in [7, 11) is 0. The SMILES string of the molecule is Cc1c(O[C@H]2COC[C@H]2OCCC(=O)N2CCN(c3ccc(C#N)cn3)CC2)cn[nH]c1=O. The molecule has 2 aliphatic heterocycles. The van der Waals surface area contributed by atoms with E-state index in [1.807, 2.05) is 11.0 Å². The topological polar surface area (TPSA) is 134 Å². The third kappa shape index (κ3) is 5.47. The Balaban J connectivity index is 1.21. The predicted octanol–water partition coefficient (Wildman–Crippen LogP) is 0.247. The van der Waals surface area contributed by atoms with Crippen molar-refractivity contribution in [3.8, 4) is 11.8 Å². The number of aromatic amines is 1. The van der Waals surface area contributed by atoms with Gasteiger partial charge in [0.05, 0.1) is 43.6 Å². The van der Waals surface area contributed by atoms with Crippen molar-refractivity contribution in [2.45, 2.75) is 25.6 Å². The van der Waals surface area contributed by atoms with Gasteiger partial charge in [-0.15, -0.1) is 0 Å². The molecule has 0 radical (unpaired) electrons. The zero-order valence-electron chi connectivity index (χ0n) is 18.4. The lowest BCUT2D eigenvalue weighted by atomic mass is 10.2. The zero-order chi connectivity index (χ0) is 23.2. The molecule has 2 aromatic rings. The van der Waals surface area contributed by atoms with Gasteiger partial charge in [-0.25, -0.2) is 10.1 Å². The Bertz CT molecular complexity index is 1060. The molecule has 0 bridgehead atoms. The molecular weight excluding hydrogens is 428 g/mol. The number of H-pyrrole nitrogens is 1. The number of carbonyl (C=O) groups excluding carboxylic acids is 1. The van der Waals surface area contributed by atoms with E-state index in [0.29, 0.717) is 56.3 Å². The summed E-state index contributed by atoms with van der Waals surface area (Å²) in [4.78, 5) is 32.6. The first-order valence-electron chi connectivity index (χ1n) is 10.8. The molecule has 2 atom stereocenters. The van der Waals surface area contributed by atoms with Crippen molar-refractivity contribution in [1.29, 1.82) is 5.26 Å². The molecular formula is C22H26N6O5. The van der Waals surface area contributed by atoms with Gasteiger partial charge >= 0.3 is 0 Å². The Labute approximate surface area is 190 Å². The molecule has 4 rings (SSSR count). The van der Waals surface area contributed by atoms with Gasteiger partial charge in [0.15, 0.2) is 6.10 Å². The summed E-state index contributed by atoms with van der Waals surface area (Å²) in [6.45, 7) is 5.21. The molecule has 0 aliphatic carbocycles. The van der Waals surface area contributed by atoms with Crippen LogP contribution in [0.4, 0.5) is 5.82 Å². The molecule has 11 nitrogen and oxygen atoms in total. The fraction of sp³-hybridized carbons (Fsp3) is 0.500. The van der Waals surface area contributed by atoms with E-state index in [0.717, 1.165) is 5.82 Å². The third-order valence-electron chi connectivity index (χ3n) is 5.80. The van der Waals surface area contributed by atoms with Crippen LogP contribution in [0.25, 0.3) is 0 Å². The minimum absolute atomic E-state index is 0.0356. The number of nitrogens with zero attached hydrogens (tertiary/aromatic N) is 5. The molecule has 0 unspecified atom stereocenters. The maximum atomic E-state index is 12.6. The van der Waals surface area contributed by atoms with Gasteiger partial charge in [-0.1, -0.05) is 0 Å².